The summed E-state index contributed by atoms with van der Waals surface area (Å²) in [6, 6.07) is 7.31. The highest BCUT2D eigenvalue weighted by molar-refractivity contribution is 7.89. The van der Waals surface area contributed by atoms with Gasteiger partial charge in [-0.25, -0.2) is 8.42 Å². The lowest BCUT2D eigenvalue weighted by Crippen LogP contribution is -2.37. The molecule has 3 rings (SSSR count). The number of rotatable bonds is 4. The quantitative estimate of drug-likeness (QED) is 0.901. The van der Waals surface area contributed by atoms with Crippen LogP contribution in [0.3, 0.4) is 0 Å². The van der Waals surface area contributed by atoms with E-state index in [0.29, 0.717) is 30.6 Å². The fraction of sp³-hybridized carbons (Fsp3) is 0.600. The van der Waals surface area contributed by atoms with E-state index in [1.54, 1.807) is 28.6 Å². The zero-order valence-corrected chi connectivity index (χ0v) is 13.1. The van der Waals surface area contributed by atoms with E-state index in [9.17, 15) is 8.42 Å². The lowest BCUT2D eigenvalue weighted by Gasteiger charge is -2.23. The van der Waals surface area contributed by atoms with Crippen molar-refractivity contribution in [1.82, 2.24) is 9.21 Å². The van der Waals surface area contributed by atoms with Crippen LogP contribution in [0.5, 0.6) is 0 Å². The Balaban J connectivity index is 1.72. The second-order valence-electron chi connectivity index (χ2n) is 5.90. The van der Waals surface area contributed by atoms with Gasteiger partial charge in [0.05, 0.1) is 4.90 Å². The molecule has 0 amide bonds. The van der Waals surface area contributed by atoms with Gasteiger partial charge in [0.2, 0.25) is 10.0 Å². The van der Waals surface area contributed by atoms with Crippen LogP contribution in [0.15, 0.2) is 29.2 Å². The topological polar surface area (TPSA) is 66.6 Å². The molecule has 0 radical (unpaired) electrons. The summed E-state index contributed by atoms with van der Waals surface area (Å²) in [6.45, 7) is 3.91. The summed E-state index contributed by atoms with van der Waals surface area (Å²) in [7, 11) is -3.36. The Morgan fingerprint density at radius 3 is 2.38 bits per heavy atom. The molecule has 2 fully saturated rings. The molecule has 1 unspecified atom stereocenters. The fourth-order valence-corrected chi connectivity index (χ4v) is 4.77. The predicted molar refractivity (Wildman–Crippen MR) is 82.3 cm³/mol. The summed E-state index contributed by atoms with van der Waals surface area (Å²) in [4.78, 5) is 2.81. The third-order valence-electron chi connectivity index (χ3n) is 4.58. The summed E-state index contributed by atoms with van der Waals surface area (Å²) >= 11 is 0. The number of hydrogen-bond donors (Lipinski definition) is 1. The van der Waals surface area contributed by atoms with Crippen LogP contribution in [0.1, 0.15) is 24.8 Å². The SMILES string of the molecule is NCc1ccc(S(=O)(=O)N2CCC(N3CCCC3)C2)cc1. The third kappa shape index (κ3) is 2.99. The van der Waals surface area contributed by atoms with Gasteiger partial charge in [0.25, 0.3) is 0 Å². The molecule has 1 aromatic rings. The van der Waals surface area contributed by atoms with E-state index in [4.69, 9.17) is 5.73 Å². The van der Waals surface area contributed by atoms with Crippen LogP contribution in [0.25, 0.3) is 0 Å². The van der Waals surface area contributed by atoms with Gasteiger partial charge in [0, 0.05) is 25.7 Å². The summed E-state index contributed by atoms with van der Waals surface area (Å²) in [6.07, 6.45) is 3.42. The molecule has 2 aliphatic heterocycles. The number of nitrogens with two attached hydrogens (primary N) is 1. The molecule has 0 saturated carbocycles. The minimum absolute atomic E-state index is 0.377. The summed E-state index contributed by atoms with van der Waals surface area (Å²) in [5, 5.41) is 0. The minimum Gasteiger partial charge on any atom is -0.326 e. The molecule has 1 aromatic carbocycles. The molecule has 2 aliphatic rings. The van der Waals surface area contributed by atoms with Gasteiger partial charge in [-0.3, -0.25) is 4.90 Å². The standard InChI is InChI=1S/C15H23N3O2S/c16-11-13-3-5-15(6-4-13)21(19,20)18-10-7-14(12-18)17-8-1-2-9-17/h3-6,14H,1-2,7-12,16H2. The molecule has 2 N–H and O–H groups in total. The van der Waals surface area contributed by atoms with E-state index in [0.717, 1.165) is 25.1 Å². The van der Waals surface area contributed by atoms with E-state index in [1.807, 2.05) is 0 Å². The molecule has 0 spiro atoms. The first-order valence-corrected chi connectivity index (χ1v) is 9.08. The Hall–Kier alpha value is -0.950. The van der Waals surface area contributed by atoms with E-state index in [2.05, 4.69) is 4.90 Å². The van der Waals surface area contributed by atoms with E-state index < -0.39 is 10.0 Å². The van der Waals surface area contributed by atoms with E-state index in [1.165, 1.54) is 12.8 Å². The Labute approximate surface area is 126 Å². The van der Waals surface area contributed by atoms with Crippen molar-refractivity contribution in [3.05, 3.63) is 29.8 Å². The van der Waals surface area contributed by atoms with Crippen molar-refractivity contribution in [1.29, 1.82) is 0 Å². The summed E-state index contributed by atoms with van der Waals surface area (Å²) < 4.78 is 27.0. The van der Waals surface area contributed by atoms with Crippen LogP contribution in [0.2, 0.25) is 0 Å². The smallest absolute Gasteiger partial charge is 0.243 e. The van der Waals surface area contributed by atoms with Gasteiger partial charge in [-0.15, -0.1) is 0 Å². The molecule has 2 saturated heterocycles. The zero-order chi connectivity index (χ0) is 14.9. The number of benzene rings is 1. The van der Waals surface area contributed by atoms with Crippen LogP contribution >= 0.6 is 0 Å². The predicted octanol–water partition coefficient (Wildman–Crippen LogP) is 1.00. The van der Waals surface area contributed by atoms with Crippen LogP contribution < -0.4 is 5.73 Å². The van der Waals surface area contributed by atoms with Crippen molar-refractivity contribution < 1.29 is 8.42 Å². The zero-order valence-electron chi connectivity index (χ0n) is 12.2. The van der Waals surface area contributed by atoms with Crippen molar-refractivity contribution in [3.8, 4) is 0 Å². The van der Waals surface area contributed by atoms with Gasteiger partial charge < -0.3 is 5.73 Å². The van der Waals surface area contributed by atoms with Crippen LogP contribution in [0, 0.1) is 0 Å². The molecular weight excluding hydrogens is 286 g/mol. The highest BCUT2D eigenvalue weighted by atomic mass is 32.2. The second-order valence-corrected chi connectivity index (χ2v) is 7.83. The lowest BCUT2D eigenvalue weighted by atomic mass is 10.2. The largest absolute Gasteiger partial charge is 0.326 e. The molecule has 1 atom stereocenters. The van der Waals surface area contributed by atoms with Gasteiger partial charge in [0.15, 0.2) is 0 Å². The molecule has 2 heterocycles. The molecule has 0 bridgehead atoms. The second kappa shape index (κ2) is 6.04. The average molecular weight is 309 g/mol. The van der Waals surface area contributed by atoms with Crippen molar-refractivity contribution >= 4 is 10.0 Å². The molecule has 0 aromatic heterocycles. The summed E-state index contributed by atoms with van der Waals surface area (Å²) in [5.41, 5.74) is 6.50. The van der Waals surface area contributed by atoms with Crippen LogP contribution in [-0.2, 0) is 16.6 Å². The Kier molecular flexibility index (Phi) is 4.31. The maximum absolute atomic E-state index is 12.7. The van der Waals surface area contributed by atoms with E-state index >= 15 is 0 Å². The van der Waals surface area contributed by atoms with Crippen molar-refractivity contribution in [3.63, 3.8) is 0 Å². The van der Waals surface area contributed by atoms with Crippen LogP contribution in [-0.4, -0.2) is 49.8 Å². The number of likely N-dealkylation sites (tertiary alicyclic amines) is 1. The third-order valence-corrected chi connectivity index (χ3v) is 6.46. The maximum atomic E-state index is 12.7. The minimum atomic E-state index is -3.36. The van der Waals surface area contributed by atoms with Crippen molar-refractivity contribution in [2.24, 2.45) is 5.73 Å². The fourth-order valence-electron chi connectivity index (χ4n) is 3.28. The normalized spacial score (nSPS) is 24.7. The molecule has 116 valence electrons. The van der Waals surface area contributed by atoms with Crippen LogP contribution in [0.4, 0.5) is 0 Å². The Morgan fingerprint density at radius 1 is 1.10 bits per heavy atom. The van der Waals surface area contributed by atoms with Gasteiger partial charge in [-0.05, 0) is 50.0 Å². The maximum Gasteiger partial charge on any atom is 0.243 e. The van der Waals surface area contributed by atoms with Gasteiger partial charge in [-0.1, -0.05) is 12.1 Å². The number of nitrogens with zero attached hydrogens (tertiary/aromatic N) is 2. The molecule has 5 nitrogen and oxygen atoms in total. The van der Waals surface area contributed by atoms with Gasteiger partial charge in [0.1, 0.15) is 0 Å². The van der Waals surface area contributed by atoms with Crippen molar-refractivity contribution in [2.45, 2.75) is 36.7 Å². The first kappa shape index (κ1) is 15.0. The number of sulfonamides is 1. The average Bonchev–Trinajstić information content (AvgIpc) is 3.18. The van der Waals surface area contributed by atoms with Crippen molar-refractivity contribution in [2.75, 3.05) is 26.2 Å². The monoisotopic (exact) mass is 309 g/mol. The Morgan fingerprint density at radius 2 is 1.76 bits per heavy atom. The van der Waals surface area contributed by atoms with Gasteiger partial charge >= 0.3 is 0 Å². The Bertz CT molecular complexity index is 579. The first-order valence-electron chi connectivity index (χ1n) is 7.64. The summed E-state index contributed by atoms with van der Waals surface area (Å²) in [5.74, 6) is 0. The first-order chi connectivity index (χ1) is 10.1. The molecule has 21 heavy (non-hydrogen) atoms. The van der Waals surface area contributed by atoms with E-state index in [-0.39, 0.29) is 0 Å². The highest BCUT2D eigenvalue weighted by Crippen LogP contribution is 2.25. The molecule has 0 aliphatic carbocycles. The number of hydrogen-bond acceptors (Lipinski definition) is 4. The lowest BCUT2D eigenvalue weighted by molar-refractivity contribution is 0.251. The highest BCUT2D eigenvalue weighted by Gasteiger charge is 2.35. The van der Waals surface area contributed by atoms with Gasteiger partial charge in [-0.2, -0.15) is 4.31 Å². The molecule has 6 heteroatoms. The molecular formula is C15H23N3O2S.